The normalized spacial score (nSPS) is 15.2. The van der Waals surface area contributed by atoms with Gasteiger partial charge in [0, 0.05) is 17.5 Å². The molecule has 0 unspecified atom stereocenters. The summed E-state index contributed by atoms with van der Waals surface area (Å²) in [5.41, 5.74) is 2.92. The van der Waals surface area contributed by atoms with E-state index in [1.54, 1.807) is 12.1 Å². The van der Waals surface area contributed by atoms with Crippen LogP contribution in [0.15, 0.2) is 91.0 Å². The van der Waals surface area contributed by atoms with Crippen molar-refractivity contribution in [1.29, 1.82) is 0 Å². The van der Waals surface area contributed by atoms with Crippen molar-refractivity contribution in [3.63, 3.8) is 0 Å². The molecule has 0 spiro atoms. The molecule has 2 N–H and O–H groups in total. The van der Waals surface area contributed by atoms with Crippen LogP contribution < -0.4 is 10.2 Å². The first-order valence-corrected chi connectivity index (χ1v) is 11.2. The van der Waals surface area contributed by atoms with E-state index < -0.39 is 6.04 Å². The number of carbonyl (C=O) groups excluding carboxylic acids is 2. The third-order valence-electron chi connectivity index (χ3n) is 6.00. The molecule has 0 aliphatic carbocycles. The van der Waals surface area contributed by atoms with Crippen molar-refractivity contribution in [2.45, 2.75) is 19.0 Å². The fourth-order valence-corrected chi connectivity index (χ4v) is 4.21. The van der Waals surface area contributed by atoms with Crippen LogP contribution in [0.1, 0.15) is 21.5 Å². The number of amides is 2. The number of hydrogen-bond acceptors (Lipinski definition) is 2. The van der Waals surface area contributed by atoms with Gasteiger partial charge in [0.25, 0.3) is 5.91 Å². The second kappa shape index (κ2) is 10.7. The average molecular weight is 429 g/mol. The molecule has 1 heterocycles. The highest BCUT2D eigenvalue weighted by Gasteiger charge is 2.30. The molecule has 164 valence electrons. The summed E-state index contributed by atoms with van der Waals surface area (Å²) in [6, 6.07) is 28.8. The topological polar surface area (TPSA) is 53.9 Å². The van der Waals surface area contributed by atoms with Crippen molar-refractivity contribution in [2.24, 2.45) is 0 Å². The Hall–Kier alpha value is -3.44. The molecule has 5 heteroatoms. The lowest BCUT2D eigenvalue weighted by molar-refractivity contribution is -0.917. The predicted molar refractivity (Wildman–Crippen MR) is 125 cm³/mol. The molecule has 0 radical (unpaired) electrons. The summed E-state index contributed by atoms with van der Waals surface area (Å²) >= 11 is 0. The molecule has 0 aromatic heterocycles. The van der Waals surface area contributed by atoms with Gasteiger partial charge in [-0.2, -0.15) is 0 Å². The van der Waals surface area contributed by atoms with Crippen molar-refractivity contribution in [1.82, 2.24) is 10.2 Å². The Morgan fingerprint density at radius 3 is 1.91 bits per heavy atom. The Balaban J connectivity index is 1.41. The highest BCUT2D eigenvalue weighted by atomic mass is 16.2. The van der Waals surface area contributed by atoms with Crippen molar-refractivity contribution in [3.8, 4) is 0 Å². The Bertz CT molecular complexity index is 1000. The van der Waals surface area contributed by atoms with Gasteiger partial charge in [-0.15, -0.1) is 0 Å². The molecule has 1 saturated heterocycles. The second-order valence-electron chi connectivity index (χ2n) is 8.32. The van der Waals surface area contributed by atoms with Gasteiger partial charge < -0.3 is 15.1 Å². The summed E-state index contributed by atoms with van der Waals surface area (Å²) in [7, 11) is 0. The van der Waals surface area contributed by atoms with Crippen LogP contribution in [0.5, 0.6) is 0 Å². The fraction of sp³-hybridized carbons (Fsp3) is 0.259. The first-order valence-electron chi connectivity index (χ1n) is 11.2. The summed E-state index contributed by atoms with van der Waals surface area (Å²) in [4.78, 5) is 29.6. The first-order chi connectivity index (χ1) is 15.7. The third kappa shape index (κ3) is 5.83. The smallest absolute Gasteiger partial charge is 0.251 e. The number of nitrogens with zero attached hydrogens (tertiary/aromatic N) is 1. The lowest BCUT2D eigenvalue weighted by atomic mass is 10.0. The maximum atomic E-state index is 13.4. The van der Waals surface area contributed by atoms with Crippen LogP contribution in [-0.4, -0.2) is 48.9 Å². The highest BCUT2D eigenvalue weighted by molar-refractivity contribution is 5.97. The molecule has 2 amide bonds. The Morgan fingerprint density at radius 1 is 0.781 bits per heavy atom. The predicted octanol–water partition coefficient (Wildman–Crippen LogP) is 1.96. The molecule has 3 aromatic rings. The number of carbonyl (C=O) groups is 2. The van der Waals surface area contributed by atoms with Gasteiger partial charge in [-0.1, -0.05) is 78.9 Å². The quantitative estimate of drug-likeness (QED) is 0.605. The van der Waals surface area contributed by atoms with Crippen LogP contribution in [0.3, 0.4) is 0 Å². The minimum atomic E-state index is -0.583. The average Bonchev–Trinajstić information content (AvgIpc) is 2.85. The van der Waals surface area contributed by atoms with E-state index in [1.807, 2.05) is 59.5 Å². The lowest BCUT2D eigenvalue weighted by Crippen LogP contribution is -3.13. The lowest BCUT2D eigenvalue weighted by Gasteiger charge is -2.34. The van der Waals surface area contributed by atoms with E-state index in [0.29, 0.717) is 25.1 Å². The van der Waals surface area contributed by atoms with Crippen LogP contribution in [-0.2, 0) is 17.8 Å². The molecule has 1 aliphatic heterocycles. The SMILES string of the molecule is O=C(N[C@@H](Cc1ccccc1)C(=O)N1CC[NH+](Cc2ccccc2)CC1)c1ccccc1. The van der Waals surface area contributed by atoms with Crippen molar-refractivity contribution in [2.75, 3.05) is 26.2 Å². The molecular formula is C27H30N3O2+. The summed E-state index contributed by atoms with van der Waals surface area (Å²) < 4.78 is 0. The molecule has 0 bridgehead atoms. The maximum Gasteiger partial charge on any atom is 0.251 e. The molecule has 32 heavy (non-hydrogen) atoms. The molecule has 3 aromatic carbocycles. The monoisotopic (exact) mass is 428 g/mol. The highest BCUT2D eigenvalue weighted by Crippen LogP contribution is 2.09. The third-order valence-corrected chi connectivity index (χ3v) is 6.00. The van der Waals surface area contributed by atoms with Gasteiger partial charge in [0.05, 0.1) is 26.2 Å². The molecule has 0 saturated carbocycles. The number of quaternary nitrogens is 1. The van der Waals surface area contributed by atoms with E-state index in [9.17, 15) is 9.59 Å². The van der Waals surface area contributed by atoms with Crippen molar-refractivity contribution >= 4 is 11.8 Å². The van der Waals surface area contributed by atoms with Crippen LogP contribution in [0.25, 0.3) is 0 Å². The summed E-state index contributed by atoms with van der Waals surface area (Å²) in [5, 5.41) is 2.99. The summed E-state index contributed by atoms with van der Waals surface area (Å²) in [5.74, 6) is -0.217. The molecule has 1 aliphatic rings. The maximum absolute atomic E-state index is 13.4. The summed E-state index contributed by atoms with van der Waals surface area (Å²) in [6.45, 7) is 4.19. The zero-order valence-corrected chi connectivity index (χ0v) is 18.2. The van der Waals surface area contributed by atoms with E-state index >= 15 is 0 Å². The summed E-state index contributed by atoms with van der Waals surface area (Å²) in [6.07, 6.45) is 0.481. The van der Waals surface area contributed by atoms with Crippen LogP contribution in [0.4, 0.5) is 0 Å². The van der Waals surface area contributed by atoms with Gasteiger partial charge >= 0.3 is 0 Å². The van der Waals surface area contributed by atoms with Gasteiger partial charge in [-0.25, -0.2) is 0 Å². The Kier molecular flexibility index (Phi) is 7.31. The van der Waals surface area contributed by atoms with Crippen molar-refractivity contribution < 1.29 is 14.5 Å². The zero-order chi connectivity index (χ0) is 22.2. The largest absolute Gasteiger partial charge is 0.340 e. The van der Waals surface area contributed by atoms with Crippen LogP contribution in [0, 0.1) is 0 Å². The van der Waals surface area contributed by atoms with Gasteiger partial charge in [0.2, 0.25) is 5.91 Å². The van der Waals surface area contributed by atoms with Crippen LogP contribution >= 0.6 is 0 Å². The fourth-order valence-electron chi connectivity index (χ4n) is 4.21. The molecule has 1 atom stereocenters. The number of hydrogen-bond donors (Lipinski definition) is 2. The number of piperazine rings is 1. The number of benzene rings is 3. The first kappa shape index (κ1) is 21.8. The van der Waals surface area contributed by atoms with E-state index in [-0.39, 0.29) is 11.8 Å². The van der Waals surface area contributed by atoms with Crippen LogP contribution in [0.2, 0.25) is 0 Å². The molecule has 5 nitrogen and oxygen atoms in total. The van der Waals surface area contributed by atoms with Crippen molar-refractivity contribution in [3.05, 3.63) is 108 Å². The van der Waals surface area contributed by atoms with E-state index in [4.69, 9.17) is 0 Å². The second-order valence-corrected chi connectivity index (χ2v) is 8.32. The number of rotatable bonds is 7. The Labute approximate surface area is 189 Å². The Morgan fingerprint density at radius 2 is 1.31 bits per heavy atom. The van der Waals surface area contributed by atoms with Gasteiger partial charge in [-0.05, 0) is 17.7 Å². The van der Waals surface area contributed by atoms with Gasteiger partial charge in [0.15, 0.2) is 0 Å². The van der Waals surface area contributed by atoms with E-state index in [1.165, 1.54) is 10.5 Å². The van der Waals surface area contributed by atoms with Gasteiger partial charge in [-0.3, -0.25) is 9.59 Å². The van der Waals surface area contributed by atoms with E-state index in [0.717, 1.165) is 25.2 Å². The standard InChI is InChI=1S/C27H29N3O2/c31-26(24-14-8-3-9-15-24)28-25(20-22-10-4-1-5-11-22)27(32)30-18-16-29(17-19-30)21-23-12-6-2-7-13-23/h1-15,25H,16-21H2,(H,28,31)/p+1/t25-/m0/s1. The zero-order valence-electron chi connectivity index (χ0n) is 18.2. The molecular weight excluding hydrogens is 398 g/mol. The van der Waals surface area contributed by atoms with Gasteiger partial charge in [0.1, 0.15) is 12.6 Å². The number of nitrogens with one attached hydrogen (secondary N) is 2. The molecule has 4 rings (SSSR count). The van der Waals surface area contributed by atoms with E-state index in [2.05, 4.69) is 29.6 Å². The molecule has 1 fully saturated rings. The minimum absolute atomic E-state index is 0.00287. The minimum Gasteiger partial charge on any atom is -0.340 e.